The van der Waals surface area contributed by atoms with Gasteiger partial charge in [-0.1, -0.05) is 20.8 Å². The van der Waals surface area contributed by atoms with E-state index < -0.39 is 0 Å². The molecule has 0 saturated carbocycles. The lowest BCUT2D eigenvalue weighted by atomic mass is 10.1. The third-order valence-corrected chi connectivity index (χ3v) is 2.84. The van der Waals surface area contributed by atoms with Crippen LogP contribution in [0.2, 0.25) is 0 Å². The fourth-order valence-corrected chi connectivity index (χ4v) is 1.97. The number of methoxy groups -OCH3 is 1. The van der Waals surface area contributed by atoms with Gasteiger partial charge in [0.1, 0.15) is 0 Å². The molecule has 0 bridgehead atoms. The first-order valence-electron chi connectivity index (χ1n) is 6.97. The van der Waals surface area contributed by atoms with Crippen LogP contribution in [-0.4, -0.2) is 50.3 Å². The van der Waals surface area contributed by atoms with E-state index in [-0.39, 0.29) is 0 Å². The van der Waals surface area contributed by atoms with Crippen LogP contribution in [0, 0.1) is 5.92 Å². The molecule has 0 spiro atoms. The summed E-state index contributed by atoms with van der Waals surface area (Å²) in [6.45, 7) is 15.4. The molecule has 0 amide bonds. The van der Waals surface area contributed by atoms with Crippen LogP contribution in [0.3, 0.4) is 0 Å². The molecule has 0 aliphatic rings. The maximum Gasteiger partial charge on any atom is 0.0628 e. The zero-order chi connectivity index (χ0) is 13.3. The molecule has 1 atom stereocenters. The highest BCUT2D eigenvalue weighted by Crippen LogP contribution is 2.05. The maximum atomic E-state index is 5.30. The molecule has 0 rings (SSSR count). The van der Waals surface area contributed by atoms with Crippen molar-refractivity contribution in [2.75, 3.05) is 33.4 Å². The van der Waals surface area contributed by atoms with Gasteiger partial charge in [0.15, 0.2) is 0 Å². The van der Waals surface area contributed by atoms with Crippen molar-refractivity contribution in [3.05, 3.63) is 0 Å². The normalized spacial score (nSPS) is 13.9. The van der Waals surface area contributed by atoms with Crippen molar-refractivity contribution in [1.82, 2.24) is 10.2 Å². The summed E-state index contributed by atoms with van der Waals surface area (Å²) >= 11 is 0. The second-order valence-electron chi connectivity index (χ2n) is 5.55. The molecule has 17 heavy (non-hydrogen) atoms. The lowest BCUT2D eigenvalue weighted by molar-refractivity contribution is 0.118. The Kier molecular flexibility index (Phi) is 9.79. The van der Waals surface area contributed by atoms with Gasteiger partial charge in [-0.15, -0.1) is 0 Å². The largest absolute Gasteiger partial charge is 0.383 e. The molecule has 1 N–H and O–H groups in total. The van der Waals surface area contributed by atoms with Gasteiger partial charge in [0.05, 0.1) is 6.61 Å². The van der Waals surface area contributed by atoms with E-state index in [2.05, 4.69) is 44.8 Å². The third-order valence-electron chi connectivity index (χ3n) is 2.84. The Morgan fingerprint density at radius 3 is 2.18 bits per heavy atom. The third kappa shape index (κ3) is 8.58. The summed E-state index contributed by atoms with van der Waals surface area (Å²) in [7, 11) is 1.78. The van der Waals surface area contributed by atoms with E-state index in [1.807, 2.05) is 0 Å². The maximum absolute atomic E-state index is 5.30. The lowest BCUT2D eigenvalue weighted by Gasteiger charge is -2.32. The molecular weight excluding hydrogens is 212 g/mol. The molecule has 3 nitrogen and oxygen atoms in total. The highest BCUT2D eigenvalue weighted by molar-refractivity contribution is 4.74. The van der Waals surface area contributed by atoms with Crippen molar-refractivity contribution >= 4 is 0 Å². The van der Waals surface area contributed by atoms with Crippen molar-refractivity contribution in [3.63, 3.8) is 0 Å². The van der Waals surface area contributed by atoms with E-state index in [4.69, 9.17) is 4.74 Å². The average Bonchev–Trinajstić information content (AvgIpc) is 2.24. The van der Waals surface area contributed by atoms with E-state index >= 15 is 0 Å². The van der Waals surface area contributed by atoms with Gasteiger partial charge >= 0.3 is 0 Å². The topological polar surface area (TPSA) is 24.5 Å². The Hall–Kier alpha value is -0.120. The molecule has 1 unspecified atom stereocenters. The van der Waals surface area contributed by atoms with Crippen molar-refractivity contribution in [2.45, 2.75) is 53.1 Å². The fourth-order valence-electron chi connectivity index (χ4n) is 1.97. The van der Waals surface area contributed by atoms with Gasteiger partial charge in [0.2, 0.25) is 0 Å². The SMILES string of the molecule is CCCNC(COC)CN(CC(C)C)C(C)C. The molecule has 0 saturated heterocycles. The monoisotopic (exact) mass is 244 g/mol. The van der Waals surface area contributed by atoms with Crippen LogP contribution in [0.4, 0.5) is 0 Å². The molecule has 104 valence electrons. The number of ether oxygens (including phenoxy) is 1. The Balaban J connectivity index is 4.23. The Labute approximate surface area is 108 Å². The van der Waals surface area contributed by atoms with Gasteiger partial charge in [-0.2, -0.15) is 0 Å². The first-order valence-corrected chi connectivity index (χ1v) is 6.97. The van der Waals surface area contributed by atoms with Crippen LogP contribution >= 0.6 is 0 Å². The van der Waals surface area contributed by atoms with Crippen molar-refractivity contribution in [1.29, 1.82) is 0 Å². The van der Waals surface area contributed by atoms with Gasteiger partial charge in [-0.3, -0.25) is 4.90 Å². The van der Waals surface area contributed by atoms with E-state index in [0.717, 1.165) is 26.2 Å². The van der Waals surface area contributed by atoms with Crippen LogP contribution in [0.25, 0.3) is 0 Å². The van der Waals surface area contributed by atoms with Gasteiger partial charge in [0, 0.05) is 32.3 Å². The molecule has 0 heterocycles. The molecule has 0 fully saturated rings. The molecule has 0 aliphatic heterocycles. The van der Waals surface area contributed by atoms with Crippen LogP contribution in [0.1, 0.15) is 41.0 Å². The van der Waals surface area contributed by atoms with Crippen LogP contribution in [0.5, 0.6) is 0 Å². The van der Waals surface area contributed by atoms with Gasteiger partial charge < -0.3 is 10.1 Å². The number of nitrogens with one attached hydrogen (secondary N) is 1. The van der Waals surface area contributed by atoms with Gasteiger partial charge in [-0.25, -0.2) is 0 Å². The first-order chi connectivity index (χ1) is 8.01. The number of hydrogen-bond acceptors (Lipinski definition) is 3. The summed E-state index contributed by atoms with van der Waals surface area (Å²) in [5, 5.41) is 3.56. The average molecular weight is 244 g/mol. The summed E-state index contributed by atoms with van der Waals surface area (Å²) in [4.78, 5) is 2.54. The zero-order valence-electron chi connectivity index (χ0n) is 12.6. The predicted octanol–water partition coefficient (Wildman–Crippen LogP) is 2.37. The molecular formula is C14H32N2O. The molecule has 0 aliphatic carbocycles. The quantitative estimate of drug-likeness (QED) is 0.638. The highest BCUT2D eigenvalue weighted by atomic mass is 16.5. The van der Waals surface area contributed by atoms with E-state index in [9.17, 15) is 0 Å². The summed E-state index contributed by atoms with van der Waals surface area (Å²) in [6, 6.07) is 1.04. The Morgan fingerprint density at radius 2 is 1.76 bits per heavy atom. The summed E-state index contributed by atoms with van der Waals surface area (Å²) in [5.74, 6) is 0.715. The number of nitrogens with zero attached hydrogens (tertiary/aromatic N) is 1. The summed E-state index contributed by atoms with van der Waals surface area (Å²) in [5.41, 5.74) is 0. The Bertz CT molecular complexity index is 172. The Morgan fingerprint density at radius 1 is 1.12 bits per heavy atom. The van der Waals surface area contributed by atoms with Crippen molar-refractivity contribution in [3.8, 4) is 0 Å². The molecule has 0 aromatic carbocycles. The minimum absolute atomic E-state index is 0.445. The molecule has 0 aromatic rings. The van der Waals surface area contributed by atoms with Crippen molar-refractivity contribution in [2.24, 2.45) is 5.92 Å². The van der Waals surface area contributed by atoms with Crippen LogP contribution in [-0.2, 0) is 4.74 Å². The van der Waals surface area contributed by atoms with E-state index in [1.54, 1.807) is 7.11 Å². The zero-order valence-corrected chi connectivity index (χ0v) is 12.6. The second-order valence-corrected chi connectivity index (χ2v) is 5.55. The van der Waals surface area contributed by atoms with E-state index in [1.165, 1.54) is 6.42 Å². The van der Waals surface area contributed by atoms with Gasteiger partial charge in [-0.05, 0) is 32.7 Å². The second kappa shape index (κ2) is 9.86. The summed E-state index contributed by atoms with van der Waals surface area (Å²) in [6.07, 6.45) is 1.17. The fraction of sp³-hybridized carbons (Fsp3) is 1.00. The molecule has 0 aromatic heterocycles. The molecule has 0 radical (unpaired) electrons. The smallest absolute Gasteiger partial charge is 0.0628 e. The van der Waals surface area contributed by atoms with E-state index in [0.29, 0.717) is 18.0 Å². The highest BCUT2D eigenvalue weighted by Gasteiger charge is 2.16. The van der Waals surface area contributed by atoms with Crippen LogP contribution < -0.4 is 5.32 Å². The molecule has 3 heteroatoms. The first kappa shape index (κ1) is 16.9. The number of hydrogen-bond donors (Lipinski definition) is 1. The minimum Gasteiger partial charge on any atom is -0.383 e. The summed E-state index contributed by atoms with van der Waals surface area (Å²) < 4.78 is 5.30. The van der Waals surface area contributed by atoms with Gasteiger partial charge in [0.25, 0.3) is 0 Å². The lowest BCUT2D eigenvalue weighted by Crippen LogP contribution is -2.47. The van der Waals surface area contributed by atoms with Crippen LogP contribution in [0.15, 0.2) is 0 Å². The standard InChI is InChI=1S/C14H32N2O/c1-7-8-15-14(11-17-6)10-16(13(4)5)9-12(2)3/h12-15H,7-11H2,1-6H3. The van der Waals surface area contributed by atoms with Crippen molar-refractivity contribution < 1.29 is 4.74 Å². The minimum atomic E-state index is 0.445. The predicted molar refractivity (Wildman–Crippen MR) is 75.5 cm³/mol. The number of rotatable bonds is 10.